The maximum atomic E-state index is 2.44. The normalized spacial score (nSPS) is 11.7. The molecule has 0 amide bonds. The maximum absolute atomic E-state index is 2.44. The molecule has 0 N–H and O–H groups in total. The van der Waals surface area contributed by atoms with Crippen LogP contribution in [0, 0.1) is 0 Å². The summed E-state index contributed by atoms with van der Waals surface area (Å²) >= 11 is 1.86. The number of hydrogen-bond donors (Lipinski definition) is 0. The highest BCUT2D eigenvalue weighted by Gasteiger charge is 2.19. The SMILES string of the molecule is c1ccc(-c2ccc(N(c3cccc(-c4ccc5sc6ccccc6c5c4)c3)c3cccc4c3ccc3ccc5ccc6ccccc6c5c34)cc2)cc1. The number of nitrogens with zero attached hydrogens (tertiary/aromatic N) is 1. The Hall–Kier alpha value is -6.74. The highest BCUT2D eigenvalue weighted by molar-refractivity contribution is 7.25. The van der Waals surface area contributed by atoms with Crippen LogP contribution in [-0.4, -0.2) is 0 Å². The van der Waals surface area contributed by atoms with Crippen molar-refractivity contribution < 1.29 is 0 Å². The number of rotatable bonds is 5. The molecule has 2 heteroatoms. The molecule has 0 unspecified atom stereocenters. The molecule has 0 atom stereocenters. The highest BCUT2D eigenvalue weighted by Crippen LogP contribution is 2.45. The van der Waals surface area contributed by atoms with Crippen molar-refractivity contribution in [2.24, 2.45) is 0 Å². The van der Waals surface area contributed by atoms with Gasteiger partial charge in [-0.3, -0.25) is 0 Å². The average molecular weight is 704 g/mol. The van der Waals surface area contributed by atoms with Crippen LogP contribution in [0.5, 0.6) is 0 Å². The second-order valence-electron chi connectivity index (χ2n) is 14.1. The second-order valence-corrected chi connectivity index (χ2v) is 15.2. The molecule has 0 radical (unpaired) electrons. The largest absolute Gasteiger partial charge is 0.310 e. The van der Waals surface area contributed by atoms with Gasteiger partial charge >= 0.3 is 0 Å². The lowest BCUT2D eigenvalue weighted by molar-refractivity contribution is 1.30. The van der Waals surface area contributed by atoms with E-state index in [1.165, 1.54) is 85.5 Å². The minimum absolute atomic E-state index is 1.11. The first-order valence-electron chi connectivity index (χ1n) is 18.5. The molecule has 10 aromatic carbocycles. The molecule has 252 valence electrons. The average Bonchev–Trinajstić information content (AvgIpc) is 3.62. The molecule has 0 fully saturated rings. The van der Waals surface area contributed by atoms with Crippen LogP contribution in [0.2, 0.25) is 0 Å². The van der Waals surface area contributed by atoms with Crippen LogP contribution in [-0.2, 0) is 0 Å². The van der Waals surface area contributed by atoms with Gasteiger partial charge in [0, 0.05) is 36.9 Å². The predicted molar refractivity (Wildman–Crippen MR) is 235 cm³/mol. The van der Waals surface area contributed by atoms with Gasteiger partial charge in [-0.2, -0.15) is 0 Å². The smallest absolute Gasteiger partial charge is 0.0540 e. The van der Waals surface area contributed by atoms with Crippen molar-refractivity contribution in [3.8, 4) is 22.3 Å². The van der Waals surface area contributed by atoms with Crippen LogP contribution in [0.4, 0.5) is 17.1 Å². The summed E-state index contributed by atoms with van der Waals surface area (Å²) in [7, 11) is 0. The van der Waals surface area contributed by atoms with Crippen LogP contribution in [0.25, 0.3) is 85.5 Å². The lowest BCUT2D eigenvalue weighted by Crippen LogP contribution is -2.10. The Kier molecular flexibility index (Phi) is 7.11. The molecule has 54 heavy (non-hydrogen) atoms. The quantitative estimate of drug-likeness (QED) is 0.161. The van der Waals surface area contributed by atoms with Crippen LogP contribution >= 0.6 is 11.3 Å². The van der Waals surface area contributed by atoms with E-state index >= 15 is 0 Å². The minimum Gasteiger partial charge on any atom is -0.310 e. The summed E-state index contributed by atoms with van der Waals surface area (Å²) in [5.41, 5.74) is 8.20. The van der Waals surface area contributed by atoms with E-state index < -0.39 is 0 Å². The van der Waals surface area contributed by atoms with E-state index in [0.29, 0.717) is 0 Å². The molecule has 0 aliphatic rings. The van der Waals surface area contributed by atoms with Crippen LogP contribution in [0.1, 0.15) is 0 Å². The summed E-state index contributed by atoms with van der Waals surface area (Å²) in [6, 6.07) is 73.6. The van der Waals surface area contributed by atoms with Crippen molar-refractivity contribution in [2.75, 3.05) is 4.90 Å². The Bertz CT molecular complexity index is 3210. The zero-order valence-corrected chi connectivity index (χ0v) is 30.2. The molecular formula is C52H33NS. The molecule has 1 nitrogen and oxygen atoms in total. The van der Waals surface area contributed by atoms with Crippen LogP contribution < -0.4 is 4.90 Å². The van der Waals surface area contributed by atoms with E-state index in [1.54, 1.807) is 0 Å². The van der Waals surface area contributed by atoms with E-state index in [2.05, 4.69) is 205 Å². The van der Waals surface area contributed by atoms with Gasteiger partial charge in [-0.15, -0.1) is 11.3 Å². The molecule has 1 aromatic heterocycles. The Labute approximate surface area is 317 Å². The zero-order chi connectivity index (χ0) is 35.6. The first kappa shape index (κ1) is 30.8. The Morgan fingerprint density at radius 2 is 0.889 bits per heavy atom. The number of anilines is 3. The van der Waals surface area contributed by atoms with Gasteiger partial charge in [-0.1, -0.05) is 152 Å². The van der Waals surface area contributed by atoms with E-state index in [-0.39, 0.29) is 0 Å². The number of benzene rings is 10. The van der Waals surface area contributed by atoms with Gasteiger partial charge in [0.05, 0.1) is 5.69 Å². The molecule has 0 spiro atoms. The third kappa shape index (κ3) is 4.99. The third-order valence-corrected chi connectivity index (χ3v) is 12.2. The monoisotopic (exact) mass is 703 g/mol. The van der Waals surface area contributed by atoms with E-state index in [9.17, 15) is 0 Å². The number of fused-ring (bicyclic) bond motifs is 10. The molecule has 0 aliphatic heterocycles. The summed E-state index contributed by atoms with van der Waals surface area (Å²) in [5.74, 6) is 0. The summed E-state index contributed by atoms with van der Waals surface area (Å²) in [4.78, 5) is 2.44. The van der Waals surface area contributed by atoms with Gasteiger partial charge in [0.2, 0.25) is 0 Å². The summed E-state index contributed by atoms with van der Waals surface area (Å²) < 4.78 is 2.65. The van der Waals surface area contributed by atoms with Gasteiger partial charge in [-0.25, -0.2) is 0 Å². The Morgan fingerprint density at radius 3 is 1.74 bits per heavy atom. The van der Waals surface area contributed by atoms with Crippen molar-refractivity contribution in [1.82, 2.24) is 0 Å². The van der Waals surface area contributed by atoms with Gasteiger partial charge in [0.1, 0.15) is 0 Å². The number of thiophene rings is 1. The molecule has 0 bridgehead atoms. The van der Waals surface area contributed by atoms with Crippen LogP contribution in [0.3, 0.4) is 0 Å². The topological polar surface area (TPSA) is 3.24 Å². The van der Waals surface area contributed by atoms with Gasteiger partial charge in [0.15, 0.2) is 0 Å². The molecular weight excluding hydrogens is 671 g/mol. The van der Waals surface area contributed by atoms with Crippen LogP contribution in [0.15, 0.2) is 200 Å². The summed E-state index contributed by atoms with van der Waals surface area (Å²) in [6.45, 7) is 0. The molecule has 0 saturated carbocycles. The van der Waals surface area contributed by atoms with E-state index in [4.69, 9.17) is 0 Å². The summed E-state index contributed by atoms with van der Waals surface area (Å²) in [5, 5.41) is 12.8. The predicted octanol–water partition coefficient (Wildman–Crippen LogP) is 15.5. The lowest BCUT2D eigenvalue weighted by Gasteiger charge is -2.28. The van der Waals surface area contributed by atoms with Gasteiger partial charge < -0.3 is 4.90 Å². The third-order valence-electron chi connectivity index (χ3n) is 11.0. The van der Waals surface area contributed by atoms with Crippen molar-refractivity contribution in [1.29, 1.82) is 0 Å². The second kappa shape index (κ2) is 12.4. The zero-order valence-electron chi connectivity index (χ0n) is 29.4. The van der Waals surface area contributed by atoms with Crippen molar-refractivity contribution in [2.45, 2.75) is 0 Å². The van der Waals surface area contributed by atoms with E-state index in [1.807, 2.05) is 11.3 Å². The molecule has 0 aliphatic carbocycles. The first-order valence-corrected chi connectivity index (χ1v) is 19.3. The highest BCUT2D eigenvalue weighted by atomic mass is 32.1. The lowest BCUT2D eigenvalue weighted by atomic mass is 9.92. The Morgan fingerprint density at radius 1 is 0.296 bits per heavy atom. The first-order chi connectivity index (χ1) is 26.8. The standard InChI is InChI=1S/C52H33NS/c1-2-10-34(11-3-1)35-24-28-41(29-25-35)53(42-14-8-13-39(32-42)40-27-31-50-47(33-40)45-16-6-7-19-49(45)54-50)48-18-9-17-46-44(48)30-26-38-23-22-37-21-20-36-12-4-5-15-43(36)51(37)52(38)46/h1-33H. The van der Waals surface area contributed by atoms with Crippen molar-refractivity contribution >= 4 is 91.7 Å². The minimum atomic E-state index is 1.11. The van der Waals surface area contributed by atoms with Crippen molar-refractivity contribution in [3.05, 3.63) is 200 Å². The molecule has 11 rings (SSSR count). The fourth-order valence-corrected chi connectivity index (χ4v) is 9.53. The molecule has 0 saturated heterocycles. The fourth-order valence-electron chi connectivity index (χ4n) is 8.45. The van der Waals surface area contributed by atoms with Gasteiger partial charge in [0.25, 0.3) is 0 Å². The molecule has 1 heterocycles. The maximum Gasteiger partial charge on any atom is 0.0540 e. The van der Waals surface area contributed by atoms with E-state index in [0.717, 1.165) is 17.1 Å². The van der Waals surface area contributed by atoms with Crippen molar-refractivity contribution in [3.63, 3.8) is 0 Å². The van der Waals surface area contributed by atoms with Gasteiger partial charge in [-0.05, 0) is 108 Å². The Balaban J connectivity index is 1.14. The fraction of sp³-hybridized carbons (Fsp3) is 0. The number of hydrogen-bond acceptors (Lipinski definition) is 2. The summed E-state index contributed by atoms with van der Waals surface area (Å²) in [6.07, 6.45) is 0. The molecule has 11 aromatic rings.